The summed E-state index contributed by atoms with van der Waals surface area (Å²) < 4.78 is 0. The molecule has 1 saturated carbocycles. The van der Waals surface area contributed by atoms with E-state index >= 15 is 0 Å². The minimum Gasteiger partial charge on any atom is -0.342 e. The highest BCUT2D eigenvalue weighted by molar-refractivity contribution is 5.95. The Morgan fingerprint density at radius 3 is 2.39 bits per heavy atom. The van der Waals surface area contributed by atoms with E-state index in [1.54, 1.807) is 0 Å². The van der Waals surface area contributed by atoms with Gasteiger partial charge < -0.3 is 10.2 Å². The molecule has 0 aromatic heterocycles. The van der Waals surface area contributed by atoms with Crippen LogP contribution in [0.5, 0.6) is 0 Å². The topological polar surface area (TPSA) is 49.4 Å². The van der Waals surface area contributed by atoms with Crippen LogP contribution in [0.4, 0.5) is 0 Å². The zero-order valence-electron chi connectivity index (χ0n) is 11.8. The smallest absolute Gasteiger partial charge is 0.246 e. The maximum atomic E-state index is 12.6. The third-order valence-corrected chi connectivity index (χ3v) is 4.23. The summed E-state index contributed by atoms with van der Waals surface area (Å²) in [4.78, 5) is 26.2. The maximum Gasteiger partial charge on any atom is 0.246 e. The van der Waals surface area contributed by atoms with Crippen LogP contribution >= 0.6 is 0 Å². The molecule has 1 N–H and O–H groups in total. The molecule has 4 nitrogen and oxygen atoms in total. The molecule has 3 atom stereocenters. The molecule has 1 saturated heterocycles. The van der Waals surface area contributed by atoms with Gasteiger partial charge in [-0.2, -0.15) is 0 Å². The summed E-state index contributed by atoms with van der Waals surface area (Å²) in [5.41, 5.74) is -0.229. The van der Waals surface area contributed by atoms with E-state index in [-0.39, 0.29) is 35.9 Å². The lowest BCUT2D eigenvalue weighted by Crippen LogP contribution is -2.64. The maximum absolute atomic E-state index is 12.6. The van der Waals surface area contributed by atoms with Crippen molar-refractivity contribution in [2.24, 2.45) is 11.3 Å². The van der Waals surface area contributed by atoms with Gasteiger partial charge >= 0.3 is 0 Å². The molecule has 1 heterocycles. The van der Waals surface area contributed by atoms with E-state index in [1.165, 1.54) is 0 Å². The largest absolute Gasteiger partial charge is 0.342 e. The Kier molecular flexibility index (Phi) is 3.39. The average molecular weight is 252 g/mol. The van der Waals surface area contributed by atoms with Crippen LogP contribution in [-0.4, -0.2) is 35.3 Å². The lowest BCUT2D eigenvalue weighted by Gasteiger charge is -2.42. The molecule has 0 spiro atoms. The molecule has 102 valence electrons. The fraction of sp³-hybridized carbons (Fsp3) is 0.857. The second-order valence-electron chi connectivity index (χ2n) is 6.81. The minimum absolute atomic E-state index is 0.0198. The molecule has 1 aliphatic carbocycles. The predicted octanol–water partition coefficient (Wildman–Crippen LogP) is 1.55. The van der Waals surface area contributed by atoms with Crippen LogP contribution in [0.1, 0.15) is 47.0 Å². The highest BCUT2D eigenvalue weighted by Gasteiger charge is 2.44. The first-order chi connectivity index (χ1) is 8.30. The van der Waals surface area contributed by atoms with Gasteiger partial charge in [-0.15, -0.1) is 0 Å². The van der Waals surface area contributed by atoms with Crippen molar-refractivity contribution in [2.75, 3.05) is 6.54 Å². The summed E-state index contributed by atoms with van der Waals surface area (Å²) in [6, 6.07) is -0.125. The van der Waals surface area contributed by atoms with Crippen molar-refractivity contribution < 1.29 is 9.59 Å². The number of carbonyl (C=O) groups is 2. The van der Waals surface area contributed by atoms with Gasteiger partial charge in [0.1, 0.15) is 6.04 Å². The van der Waals surface area contributed by atoms with Gasteiger partial charge in [-0.3, -0.25) is 9.59 Å². The normalized spacial score (nSPS) is 33.8. The Hall–Kier alpha value is -1.06. The zero-order valence-corrected chi connectivity index (χ0v) is 11.8. The number of rotatable bonds is 1. The molecule has 2 rings (SSSR count). The molecule has 3 unspecified atom stereocenters. The van der Waals surface area contributed by atoms with Crippen molar-refractivity contribution in [3.05, 3.63) is 0 Å². The molecule has 18 heavy (non-hydrogen) atoms. The van der Waals surface area contributed by atoms with Crippen LogP contribution in [0.3, 0.4) is 0 Å². The van der Waals surface area contributed by atoms with Gasteiger partial charge in [-0.05, 0) is 24.2 Å². The van der Waals surface area contributed by atoms with Crippen LogP contribution in [0.25, 0.3) is 0 Å². The Balaban J connectivity index is 2.20. The highest BCUT2D eigenvalue weighted by Crippen LogP contribution is 2.32. The molecule has 2 aliphatic rings. The van der Waals surface area contributed by atoms with Crippen molar-refractivity contribution in [3.8, 4) is 0 Å². The quantitative estimate of drug-likeness (QED) is 0.769. The highest BCUT2D eigenvalue weighted by atomic mass is 16.2. The van der Waals surface area contributed by atoms with Crippen LogP contribution < -0.4 is 5.32 Å². The van der Waals surface area contributed by atoms with Gasteiger partial charge in [0.15, 0.2) is 0 Å². The van der Waals surface area contributed by atoms with Crippen LogP contribution in [0, 0.1) is 11.3 Å². The summed E-state index contributed by atoms with van der Waals surface area (Å²) in [7, 11) is 0. The van der Waals surface area contributed by atoms with E-state index in [4.69, 9.17) is 0 Å². The van der Waals surface area contributed by atoms with Gasteiger partial charge in [0.05, 0.1) is 6.54 Å². The van der Waals surface area contributed by atoms with Crippen LogP contribution in [-0.2, 0) is 9.59 Å². The second kappa shape index (κ2) is 4.56. The average Bonchev–Trinajstić information content (AvgIpc) is 2.66. The Bertz CT molecular complexity index is 359. The third kappa shape index (κ3) is 2.38. The van der Waals surface area contributed by atoms with Crippen molar-refractivity contribution in [2.45, 2.75) is 59.0 Å². The van der Waals surface area contributed by atoms with Crippen molar-refractivity contribution in [1.29, 1.82) is 0 Å². The number of piperazine rings is 1. The van der Waals surface area contributed by atoms with Crippen LogP contribution in [0.15, 0.2) is 0 Å². The number of nitrogens with one attached hydrogen (secondary N) is 1. The Morgan fingerprint density at radius 1 is 1.22 bits per heavy atom. The number of amides is 2. The summed E-state index contributed by atoms with van der Waals surface area (Å²) in [6.07, 6.45) is 3.37. The fourth-order valence-electron chi connectivity index (χ4n) is 3.12. The second-order valence-corrected chi connectivity index (χ2v) is 6.81. The number of hydrogen-bond donors (Lipinski definition) is 1. The lowest BCUT2D eigenvalue weighted by molar-refractivity contribution is -0.150. The van der Waals surface area contributed by atoms with Gasteiger partial charge in [-0.25, -0.2) is 0 Å². The Morgan fingerprint density at radius 2 is 1.89 bits per heavy atom. The van der Waals surface area contributed by atoms with E-state index in [0.717, 1.165) is 19.3 Å². The zero-order chi connectivity index (χ0) is 13.5. The first kappa shape index (κ1) is 13.4. The molecule has 4 heteroatoms. The number of nitrogens with zero attached hydrogens (tertiary/aromatic N) is 1. The summed E-state index contributed by atoms with van der Waals surface area (Å²) in [5.74, 6) is 0.593. The van der Waals surface area contributed by atoms with E-state index in [0.29, 0.717) is 5.92 Å². The van der Waals surface area contributed by atoms with Gasteiger partial charge in [0, 0.05) is 6.04 Å². The molecule has 2 amide bonds. The molecule has 2 fully saturated rings. The SMILES string of the molecule is CC1CCCC1N1CC(=O)NC(C(C)(C)C)C1=O. The van der Waals surface area contributed by atoms with Gasteiger partial charge in [-0.1, -0.05) is 34.1 Å². The lowest BCUT2D eigenvalue weighted by atomic mass is 9.84. The molecule has 0 radical (unpaired) electrons. The summed E-state index contributed by atoms with van der Waals surface area (Å²) >= 11 is 0. The van der Waals surface area contributed by atoms with Crippen molar-refractivity contribution in [3.63, 3.8) is 0 Å². The molecule has 0 aromatic carbocycles. The molecule has 1 aliphatic heterocycles. The molecule has 0 bridgehead atoms. The fourth-order valence-corrected chi connectivity index (χ4v) is 3.12. The van der Waals surface area contributed by atoms with Gasteiger partial charge in [0.2, 0.25) is 11.8 Å². The van der Waals surface area contributed by atoms with E-state index in [2.05, 4.69) is 12.2 Å². The number of hydrogen-bond acceptors (Lipinski definition) is 2. The van der Waals surface area contributed by atoms with Crippen molar-refractivity contribution in [1.82, 2.24) is 10.2 Å². The van der Waals surface area contributed by atoms with Gasteiger partial charge in [0.25, 0.3) is 0 Å². The molecular weight excluding hydrogens is 228 g/mol. The van der Waals surface area contributed by atoms with E-state index in [9.17, 15) is 9.59 Å². The van der Waals surface area contributed by atoms with Crippen molar-refractivity contribution >= 4 is 11.8 Å². The monoisotopic (exact) mass is 252 g/mol. The number of carbonyl (C=O) groups excluding carboxylic acids is 2. The predicted molar refractivity (Wildman–Crippen MR) is 69.9 cm³/mol. The molecule has 0 aromatic rings. The first-order valence-corrected chi connectivity index (χ1v) is 6.90. The molecular formula is C14H24N2O2. The van der Waals surface area contributed by atoms with E-state index in [1.807, 2.05) is 25.7 Å². The summed E-state index contributed by atoms with van der Waals surface area (Å²) in [6.45, 7) is 8.41. The minimum atomic E-state index is -0.383. The third-order valence-electron chi connectivity index (χ3n) is 4.23. The first-order valence-electron chi connectivity index (χ1n) is 6.90. The van der Waals surface area contributed by atoms with E-state index < -0.39 is 0 Å². The standard InChI is InChI=1S/C14H24N2O2/c1-9-6-5-7-10(9)16-8-11(17)15-12(13(16)18)14(2,3)4/h9-10,12H,5-8H2,1-4H3,(H,15,17). The Labute approximate surface area is 109 Å². The van der Waals surface area contributed by atoms with Crippen LogP contribution in [0.2, 0.25) is 0 Å². The summed E-state index contributed by atoms with van der Waals surface area (Å²) in [5, 5.41) is 2.84.